The van der Waals surface area contributed by atoms with Crippen LogP contribution in [0.3, 0.4) is 0 Å². The summed E-state index contributed by atoms with van der Waals surface area (Å²) in [5.74, 6) is -0.345. The Kier molecular flexibility index (Phi) is 7.62. The number of alkyl carbamates (subject to hydrolysis) is 1. The molecule has 1 aromatic rings. The Bertz CT molecular complexity index is 607. The Hall–Kier alpha value is -2.12. The van der Waals surface area contributed by atoms with Crippen LogP contribution in [0.4, 0.5) is 4.79 Å². The van der Waals surface area contributed by atoms with Crippen LogP contribution in [0.2, 0.25) is 0 Å². The fourth-order valence-corrected chi connectivity index (χ4v) is 3.07. The van der Waals surface area contributed by atoms with Crippen LogP contribution in [0.5, 0.6) is 0 Å². The number of carbonyl (C=O) groups is 2. The van der Waals surface area contributed by atoms with Gasteiger partial charge in [-0.25, -0.2) is 4.79 Å². The average molecular weight is 377 g/mol. The molecule has 1 heterocycles. The van der Waals surface area contributed by atoms with Gasteiger partial charge in [0.1, 0.15) is 11.6 Å². The van der Waals surface area contributed by atoms with E-state index in [1.807, 2.05) is 18.2 Å². The van der Waals surface area contributed by atoms with Gasteiger partial charge in [-0.3, -0.25) is 14.6 Å². The number of carbonyl (C=O) groups excluding carboxylic acids is 2. The van der Waals surface area contributed by atoms with Crippen molar-refractivity contribution < 1.29 is 19.1 Å². The van der Waals surface area contributed by atoms with Gasteiger partial charge in [-0.15, -0.1) is 0 Å². The first-order valence-electron chi connectivity index (χ1n) is 9.33. The Morgan fingerprint density at radius 3 is 2.30 bits per heavy atom. The molecule has 1 atom stereocenters. The zero-order valence-electron chi connectivity index (χ0n) is 16.7. The summed E-state index contributed by atoms with van der Waals surface area (Å²) in [4.78, 5) is 28.5. The highest BCUT2D eigenvalue weighted by Gasteiger charge is 2.30. The van der Waals surface area contributed by atoms with Crippen molar-refractivity contribution in [3.8, 4) is 0 Å². The van der Waals surface area contributed by atoms with Crippen molar-refractivity contribution in [2.24, 2.45) is 0 Å². The van der Waals surface area contributed by atoms with E-state index >= 15 is 0 Å². The van der Waals surface area contributed by atoms with E-state index in [-0.39, 0.29) is 12.5 Å². The number of rotatable bonds is 6. The van der Waals surface area contributed by atoms with Crippen LogP contribution in [-0.4, -0.2) is 73.3 Å². The zero-order valence-corrected chi connectivity index (χ0v) is 16.7. The normalized spacial score (nSPS) is 17.2. The summed E-state index contributed by atoms with van der Waals surface area (Å²) >= 11 is 0. The maximum atomic E-state index is 12.2. The smallest absolute Gasteiger partial charge is 0.407 e. The number of nitrogens with one attached hydrogen (secondary N) is 1. The second kappa shape index (κ2) is 9.71. The SMILES string of the molecule is COC(=O)C(CNC(=O)OC(C)(C)C)N1CCN(Cc2ccccc2)CC1. The molecule has 1 aliphatic rings. The number of ether oxygens (including phenoxy) is 2. The Labute approximate surface area is 161 Å². The molecule has 1 saturated heterocycles. The molecule has 0 bridgehead atoms. The van der Waals surface area contributed by atoms with E-state index in [9.17, 15) is 9.59 Å². The van der Waals surface area contributed by atoms with E-state index in [1.54, 1.807) is 20.8 Å². The van der Waals surface area contributed by atoms with Crippen molar-refractivity contribution >= 4 is 12.1 Å². The fraction of sp³-hybridized carbons (Fsp3) is 0.600. The van der Waals surface area contributed by atoms with E-state index in [4.69, 9.17) is 9.47 Å². The molecule has 0 radical (unpaired) electrons. The highest BCUT2D eigenvalue weighted by atomic mass is 16.6. The minimum absolute atomic E-state index is 0.167. The number of amides is 1. The number of esters is 1. The van der Waals surface area contributed by atoms with Crippen LogP contribution in [0, 0.1) is 0 Å². The van der Waals surface area contributed by atoms with Gasteiger partial charge in [0.15, 0.2) is 0 Å². The topological polar surface area (TPSA) is 71.1 Å². The third-order valence-electron chi connectivity index (χ3n) is 4.41. The number of piperazine rings is 1. The van der Waals surface area contributed by atoms with Gasteiger partial charge in [-0.2, -0.15) is 0 Å². The fourth-order valence-electron chi connectivity index (χ4n) is 3.07. The van der Waals surface area contributed by atoms with Gasteiger partial charge in [0.25, 0.3) is 0 Å². The third kappa shape index (κ3) is 7.19. The number of hydrogen-bond donors (Lipinski definition) is 1. The van der Waals surface area contributed by atoms with Crippen LogP contribution in [0.1, 0.15) is 26.3 Å². The molecule has 150 valence electrons. The van der Waals surface area contributed by atoms with Crippen molar-refractivity contribution in [2.45, 2.75) is 39.0 Å². The van der Waals surface area contributed by atoms with E-state index < -0.39 is 17.7 Å². The van der Waals surface area contributed by atoms with Crippen molar-refractivity contribution in [1.29, 1.82) is 0 Å². The molecule has 0 spiro atoms. The van der Waals surface area contributed by atoms with E-state index in [0.29, 0.717) is 0 Å². The summed E-state index contributed by atoms with van der Waals surface area (Å²) in [7, 11) is 1.37. The molecule has 2 rings (SSSR count). The molecule has 0 aliphatic carbocycles. The lowest BCUT2D eigenvalue weighted by Crippen LogP contribution is -2.56. The molecular weight excluding hydrogens is 346 g/mol. The molecule has 1 aromatic carbocycles. The molecular formula is C20H31N3O4. The molecule has 0 saturated carbocycles. The molecule has 1 aliphatic heterocycles. The van der Waals surface area contributed by atoms with Crippen molar-refractivity contribution in [3.63, 3.8) is 0 Å². The second-order valence-corrected chi connectivity index (χ2v) is 7.72. The highest BCUT2D eigenvalue weighted by molar-refractivity contribution is 5.77. The van der Waals surface area contributed by atoms with Gasteiger partial charge in [0, 0.05) is 39.3 Å². The molecule has 1 unspecified atom stereocenters. The lowest BCUT2D eigenvalue weighted by atomic mass is 10.1. The first-order chi connectivity index (χ1) is 12.8. The Morgan fingerprint density at radius 2 is 1.74 bits per heavy atom. The maximum absolute atomic E-state index is 12.2. The van der Waals surface area contributed by atoms with Crippen molar-refractivity contribution in [1.82, 2.24) is 15.1 Å². The summed E-state index contributed by atoms with van der Waals surface area (Å²) in [6.45, 7) is 9.66. The molecule has 0 aromatic heterocycles. The summed E-state index contributed by atoms with van der Waals surface area (Å²) in [5, 5.41) is 2.69. The average Bonchev–Trinajstić information content (AvgIpc) is 2.62. The van der Waals surface area contributed by atoms with Gasteiger partial charge in [0.2, 0.25) is 0 Å². The van der Waals surface area contributed by atoms with E-state index in [2.05, 4.69) is 27.2 Å². The van der Waals surface area contributed by atoms with Crippen LogP contribution in [0.15, 0.2) is 30.3 Å². The van der Waals surface area contributed by atoms with Gasteiger partial charge in [-0.05, 0) is 26.3 Å². The van der Waals surface area contributed by atoms with Crippen molar-refractivity contribution in [3.05, 3.63) is 35.9 Å². The summed E-state index contributed by atoms with van der Waals surface area (Å²) in [6.07, 6.45) is -0.529. The number of hydrogen-bond acceptors (Lipinski definition) is 6. The maximum Gasteiger partial charge on any atom is 0.407 e. The minimum Gasteiger partial charge on any atom is -0.468 e. The molecule has 27 heavy (non-hydrogen) atoms. The third-order valence-corrected chi connectivity index (χ3v) is 4.41. The summed E-state index contributed by atoms with van der Waals surface area (Å²) in [5.41, 5.74) is 0.704. The first kappa shape index (κ1) is 21.2. The summed E-state index contributed by atoms with van der Waals surface area (Å²) < 4.78 is 10.2. The lowest BCUT2D eigenvalue weighted by Gasteiger charge is -2.38. The zero-order chi connectivity index (χ0) is 19.9. The highest BCUT2D eigenvalue weighted by Crippen LogP contribution is 2.12. The largest absolute Gasteiger partial charge is 0.468 e. The standard InChI is InChI=1S/C20H31N3O4/c1-20(2,3)27-19(25)21-14-17(18(24)26-4)23-12-10-22(11-13-23)15-16-8-6-5-7-9-16/h5-9,17H,10-15H2,1-4H3,(H,21,25). The quantitative estimate of drug-likeness (QED) is 0.763. The van der Waals surface area contributed by atoms with Crippen LogP contribution in [-0.2, 0) is 20.8 Å². The summed E-state index contributed by atoms with van der Waals surface area (Å²) in [6, 6.07) is 9.83. The van der Waals surface area contributed by atoms with Crippen LogP contribution in [0.25, 0.3) is 0 Å². The molecule has 7 nitrogen and oxygen atoms in total. The number of benzene rings is 1. The number of methoxy groups -OCH3 is 1. The van der Waals surface area contributed by atoms with Gasteiger partial charge in [0.05, 0.1) is 7.11 Å². The Morgan fingerprint density at radius 1 is 1.11 bits per heavy atom. The van der Waals surface area contributed by atoms with Crippen LogP contribution < -0.4 is 5.32 Å². The van der Waals surface area contributed by atoms with E-state index in [0.717, 1.165) is 32.7 Å². The monoisotopic (exact) mass is 377 g/mol. The molecule has 7 heteroatoms. The van der Waals surface area contributed by atoms with Crippen LogP contribution >= 0.6 is 0 Å². The second-order valence-electron chi connectivity index (χ2n) is 7.72. The molecule has 1 amide bonds. The minimum atomic E-state index is -0.575. The number of nitrogens with zero attached hydrogens (tertiary/aromatic N) is 2. The molecule has 1 N–H and O–H groups in total. The first-order valence-corrected chi connectivity index (χ1v) is 9.33. The van der Waals surface area contributed by atoms with Gasteiger partial charge >= 0.3 is 12.1 Å². The van der Waals surface area contributed by atoms with Crippen molar-refractivity contribution in [2.75, 3.05) is 39.8 Å². The van der Waals surface area contributed by atoms with Gasteiger partial charge < -0.3 is 14.8 Å². The van der Waals surface area contributed by atoms with E-state index in [1.165, 1.54) is 12.7 Å². The predicted molar refractivity (Wildman–Crippen MR) is 103 cm³/mol. The predicted octanol–water partition coefficient (Wildman–Crippen LogP) is 1.87. The Balaban J connectivity index is 1.86. The lowest BCUT2D eigenvalue weighted by molar-refractivity contribution is -0.147. The molecule has 1 fully saturated rings. The van der Waals surface area contributed by atoms with Gasteiger partial charge in [-0.1, -0.05) is 30.3 Å².